The van der Waals surface area contributed by atoms with Crippen LogP contribution in [0.4, 0.5) is 10.6 Å². The highest BCUT2D eigenvalue weighted by Gasteiger charge is 2.31. The third kappa shape index (κ3) is 3.25. The zero-order valence-corrected chi connectivity index (χ0v) is 14.2. The maximum Gasteiger partial charge on any atom is 0.410 e. The van der Waals surface area contributed by atoms with Crippen LogP contribution in [0.3, 0.4) is 0 Å². The van der Waals surface area contributed by atoms with Crippen molar-refractivity contribution in [1.29, 1.82) is 0 Å². The molecule has 6 heteroatoms. The van der Waals surface area contributed by atoms with E-state index in [2.05, 4.69) is 27.3 Å². The first-order valence-electron chi connectivity index (χ1n) is 8.02. The molecule has 3 heterocycles. The summed E-state index contributed by atoms with van der Waals surface area (Å²) in [4.78, 5) is 20.7. The predicted octanol–water partition coefficient (Wildman–Crippen LogP) is 2.78. The van der Waals surface area contributed by atoms with Crippen LogP contribution in [0.25, 0.3) is 5.65 Å². The largest absolute Gasteiger partial charge is 0.444 e. The lowest BCUT2D eigenvalue weighted by molar-refractivity contribution is 0.0158. The summed E-state index contributed by atoms with van der Waals surface area (Å²) >= 11 is 0. The van der Waals surface area contributed by atoms with Gasteiger partial charge >= 0.3 is 6.09 Å². The minimum atomic E-state index is -0.462. The maximum absolute atomic E-state index is 12.3. The second-order valence-electron chi connectivity index (χ2n) is 7.01. The molecule has 1 aliphatic heterocycles. The molecule has 0 saturated carbocycles. The number of ether oxygens (including phenoxy) is 1. The third-order valence-electron chi connectivity index (χ3n) is 3.99. The Bertz CT molecular complexity index is 704. The number of fused-ring (bicyclic) bond motifs is 1. The Kier molecular flexibility index (Phi) is 3.92. The smallest absolute Gasteiger partial charge is 0.410 e. The quantitative estimate of drug-likeness (QED) is 0.812. The molecule has 0 aromatic carbocycles. The highest BCUT2D eigenvalue weighted by Crippen LogP contribution is 2.22. The molecular formula is C17H24N4O2. The van der Waals surface area contributed by atoms with Gasteiger partial charge in [0.05, 0.1) is 0 Å². The average molecular weight is 316 g/mol. The van der Waals surface area contributed by atoms with Gasteiger partial charge in [0.1, 0.15) is 17.1 Å². The van der Waals surface area contributed by atoms with E-state index in [4.69, 9.17) is 4.74 Å². The van der Waals surface area contributed by atoms with Crippen LogP contribution < -0.4 is 4.90 Å². The first kappa shape index (κ1) is 15.6. The fourth-order valence-electron chi connectivity index (χ4n) is 2.95. The molecule has 23 heavy (non-hydrogen) atoms. The van der Waals surface area contributed by atoms with Gasteiger partial charge in [-0.05, 0) is 39.8 Å². The number of amides is 1. The molecule has 1 atom stereocenters. The van der Waals surface area contributed by atoms with Crippen molar-refractivity contribution >= 4 is 17.6 Å². The van der Waals surface area contributed by atoms with Gasteiger partial charge in [-0.2, -0.15) is 0 Å². The van der Waals surface area contributed by atoms with Crippen LogP contribution >= 0.6 is 0 Å². The van der Waals surface area contributed by atoms with Gasteiger partial charge in [-0.3, -0.25) is 4.40 Å². The van der Waals surface area contributed by atoms with Gasteiger partial charge in [0.25, 0.3) is 0 Å². The molecular weight excluding hydrogens is 292 g/mol. The topological polar surface area (TPSA) is 50.1 Å². The number of anilines is 1. The van der Waals surface area contributed by atoms with Crippen LogP contribution in [0, 0.1) is 0 Å². The summed E-state index contributed by atoms with van der Waals surface area (Å²) < 4.78 is 7.58. The SMILES string of the molecule is CC1CN(c2cccc3nccn23)CCN1C(=O)OC(C)(C)C. The zero-order valence-electron chi connectivity index (χ0n) is 14.2. The Morgan fingerprint density at radius 1 is 1.30 bits per heavy atom. The number of hydrogen-bond donors (Lipinski definition) is 0. The van der Waals surface area contributed by atoms with Crippen LogP contribution in [0.1, 0.15) is 27.7 Å². The van der Waals surface area contributed by atoms with Crippen LogP contribution in [-0.2, 0) is 4.74 Å². The Morgan fingerprint density at radius 2 is 2.09 bits per heavy atom. The summed E-state index contributed by atoms with van der Waals surface area (Å²) in [5.74, 6) is 1.11. The lowest BCUT2D eigenvalue weighted by Crippen LogP contribution is -2.55. The molecule has 0 spiro atoms. The fraction of sp³-hybridized carbons (Fsp3) is 0.529. The van der Waals surface area contributed by atoms with Gasteiger partial charge in [-0.15, -0.1) is 0 Å². The molecule has 2 aromatic heterocycles. The van der Waals surface area contributed by atoms with Gasteiger partial charge in [-0.25, -0.2) is 9.78 Å². The molecule has 6 nitrogen and oxygen atoms in total. The standard InChI is InChI=1S/C17H24N4O2/c1-13-12-19(10-11-20(13)16(22)23-17(2,3)4)15-7-5-6-14-18-8-9-21(14)15/h5-9,13H,10-12H2,1-4H3. The fourth-order valence-corrected chi connectivity index (χ4v) is 2.95. The molecule has 124 valence electrons. The van der Waals surface area contributed by atoms with Gasteiger partial charge in [0.2, 0.25) is 0 Å². The minimum absolute atomic E-state index is 0.0948. The number of hydrogen-bond acceptors (Lipinski definition) is 4. The van der Waals surface area contributed by atoms with E-state index in [1.165, 1.54) is 0 Å². The summed E-state index contributed by atoms with van der Waals surface area (Å²) in [6.07, 6.45) is 3.54. The van der Waals surface area contributed by atoms with E-state index >= 15 is 0 Å². The number of rotatable bonds is 1. The lowest BCUT2D eigenvalue weighted by atomic mass is 10.2. The van der Waals surface area contributed by atoms with E-state index in [1.54, 1.807) is 6.20 Å². The number of carbonyl (C=O) groups is 1. The number of carbonyl (C=O) groups excluding carboxylic acids is 1. The Balaban J connectivity index is 1.74. The van der Waals surface area contributed by atoms with E-state index < -0.39 is 5.60 Å². The molecule has 1 aliphatic rings. The van der Waals surface area contributed by atoms with Crippen molar-refractivity contribution in [2.75, 3.05) is 24.5 Å². The molecule has 2 aromatic rings. The van der Waals surface area contributed by atoms with Gasteiger partial charge < -0.3 is 14.5 Å². The zero-order chi connectivity index (χ0) is 16.6. The molecule has 1 saturated heterocycles. The van der Waals surface area contributed by atoms with Crippen molar-refractivity contribution in [2.24, 2.45) is 0 Å². The Hall–Kier alpha value is -2.24. The average Bonchev–Trinajstić information content (AvgIpc) is 2.93. The molecule has 0 aliphatic carbocycles. The summed E-state index contributed by atoms with van der Waals surface area (Å²) in [6.45, 7) is 9.95. The molecule has 0 radical (unpaired) electrons. The number of imidazole rings is 1. The first-order chi connectivity index (χ1) is 10.8. The third-order valence-corrected chi connectivity index (χ3v) is 3.99. The van der Waals surface area contributed by atoms with Crippen LogP contribution in [0.5, 0.6) is 0 Å². The van der Waals surface area contributed by atoms with Crippen LogP contribution in [-0.4, -0.2) is 51.7 Å². The minimum Gasteiger partial charge on any atom is -0.444 e. The predicted molar refractivity (Wildman–Crippen MR) is 89.8 cm³/mol. The molecule has 1 unspecified atom stereocenters. The van der Waals surface area contributed by atoms with Crippen molar-refractivity contribution in [3.8, 4) is 0 Å². The monoisotopic (exact) mass is 316 g/mol. The van der Waals surface area contributed by atoms with Gasteiger partial charge in [-0.1, -0.05) is 6.07 Å². The number of nitrogens with zero attached hydrogens (tertiary/aromatic N) is 4. The van der Waals surface area contributed by atoms with Crippen molar-refractivity contribution in [2.45, 2.75) is 39.3 Å². The van der Waals surface area contributed by atoms with E-state index in [-0.39, 0.29) is 12.1 Å². The van der Waals surface area contributed by atoms with Crippen LogP contribution in [0.2, 0.25) is 0 Å². The summed E-state index contributed by atoms with van der Waals surface area (Å²) in [7, 11) is 0. The Labute approximate surface area is 136 Å². The normalized spacial score (nSPS) is 19.2. The molecule has 1 amide bonds. The lowest BCUT2D eigenvalue weighted by Gasteiger charge is -2.41. The highest BCUT2D eigenvalue weighted by molar-refractivity contribution is 5.69. The maximum atomic E-state index is 12.3. The van der Waals surface area contributed by atoms with E-state index in [0.29, 0.717) is 6.54 Å². The second kappa shape index (κ2) is 5.76. The number of pyridine rings is 1. The van der Waals surface area contributed by atoms with Crippen molar-refractivity contribution < 1.29 is 9.53 Å². The van der Waals surface area contributed by atoms with E-state index in [0.717, 1.165) is 24.6 Å². The highest BCUT2D eigenvalue weighted by atomic mass is 16.6. The molecule has 0 N–H and O–H groups in total. The Morgan fingerprint density at radius 3 is 2.78 bits per heavy atom. The van der Waals surface area contributed by atoms with E-state index in [9.17, 15) is 4.79 Å². The van der Waals surface area contributed by atoms with Crippen molar-refractivity contribution in [1.82, 2.24) is 14.3 Å². The molecule has 1 fully saturated rings. The van der Waals surface area contributed by atoms with Crippen LogP contribution in [0.15, 0.2) is 30.6 Å². The van der Waals surface area contributed by atoms with Gasteiger partial charge in [0, 0.05) is 38.1 Å². The molecule has 0 bridgehead atoms. The second-order valence-corrected chi connectivity index (χ2v) is 7.01. The first-order valence-corrected chi connectivity index (χ1v) is 8.02. The summed E-state index contributed by atoms with van der Waals surface area (Å²) in [5.41, 5.74) is 0.473. The van der Waals surface area contributed by atoms with Gasteiger partial charge in [0.15, 0.2) is 0 Å². The molecule has 3 rings (SSSR count). The number of aromatic nitrogens is 2. The summed E-state index contributed by atoms with van der Waals surface area (Å²) in [5, 5.41) is 0. The summed E-state index contributed by atoms with van der Waals surface area (Å²) in [6, 6.07) is 6.19. The number of piperazine rings is 1. The van der Waals surface area contributed by atoms with E-state index in [1.807, 2.05) is 44.0 Å². The van der Waals surface area contributed by atoms with Crippen molar-refractivity contribution in [3.05, 3.63) is 30.6 Å². The van der Waals surface area contributed by atoms with Crippen molar-refractivity contribution in [3.63, 3.8) is 0 Å².